The van der Waals surface area contributed by atoms with E-state index >= 15 is 0 Å². The van der Waals surface area contributed by atoms with Gasteiger partial charge in [0, 0.05) is 18.2 Å². The van der Waals surface area contributed by atoms with Gasteiger partial charge in [-0.25, -0.2) is 0 Å². The molecule has 1 heterocycles. The van der Waals surface area contributed by atoms with E-state index in [-0.39, 0.29) is 0 Å². The van der Waals surface area contributed by atoms with Crippen LogP contribution in [0.1, 0.15) is 45.3 Å². The highest BCUT2D eigenvalue weighted by Gasteiger charge is 2.27. The average Bonchev–Trinajstić information content (AvgIpc) is 2.45. The van der Waals surface area contributed by atoms with Gasteiger partial charge in [0.1, 0.15) is 5.75 Å². The molecule has 1 N–H and O–H groups in total. The Balaban J connectivity index is 2.06. The van der Waals surface area contributed by atoms with Crippen LogP contribution in [-0.4, -0.2) is 35.7 Å². The molecule has 1 aromatic rings. The number of ether oxygens (including phenoxy) is 1. The highest BCUT2D eigenvalue weighted by Crippen LogP contribution is 2.29. The molecule has 1 aliphatic heterocycles. The second kappa shape index (κ2) is 7.09. The summed E-state index contributed by atoms with van der Waals surface area (Å²) in [6.07, 6.45) is 2.04. The molecule has 0 amide bonds. The first-order chi connectivity index (χ1) is 9.63. The predicted octanol–water partition coefficient (Wildman–Crippen LogP) is 3.24. The maximum Gasteiger partial charge on any atom is 0.125 e. The number of rotatable bonds is 5. The lowest BCUT2D eigenvalue weighted by Gasteiger charge is -2.39. The van der Waals surface area contributed by atoms with Crippen molar-refractivity contribution in [3.05, 3.63) is 29.8 Å². The summed E-state index contributed by atoms with van der Waals surface area (Å²) < 4.78 is 5.62. The summed E-state index contributed by atoms with van der Waals surface area (Å²) in [6, 6.07) is 8.35. The van der Waals surface area contributed by atoms with Crippen LogP contribution < -0.4 is 4.74 Å². The summed E-state index contributed by atoms with van der Waals surface area (Å²) in [6.45, 7) is 8.94. The molecular weight excluding hydrogens is 250 g/mol. The Morgan fingerprint density at radius 1 is 1.35 bits per heavy atom. The Morgan fingerprint density at radius 3 is 2.85 bits per heavy atom. The topological polar surface area (TPSA) is 32.7 Å². The molecule has 0 aliphatic carbocycles. The smallest absolute Gasteiger partial charge is 0.125 e. The first-order valence-corrected chi connectivity index (χ1v) is 7.77. The fourth-order valence-electron chi connectivity index (χ4n) is 3.04. The van der Waals surface area contributed by atoms with Crippen LogP contribution in [-0.2, 0) is 0 Å². The van der Waals surface area contributed by atoms with E-state index in [1.165, 1.54) is 12.8 Å². The fraction of sp³-hybridized carbons (Fsp3) is 0.647. The normalized spacial score (nSPS) is 25.4. The van der Waals surface area contributed by atoms with Gasteiger partial charge in [-0.15, -0.1) is 0 Å². The largest absolute Gasteiger partial charge is 0.493 e. The van der Waals surface area contributed by atoms with E-state index in [9.17, 15) is 5.11 Å². The van der Waals surface area contributed by atoms with Crippen molar-refractivity contribution in [1.82, 2.24) is 4.90 Å². The Labute approximate surface area is 122 Å². The molecule has 20 heavy (non-hydrogen) atoms. The van der Waals surface area contributed by atoms with Crippen molar-refractivity contribution in [3.8, 4) is 5.75 Å². The van der Waals surface area contributed by atoms with Gasteiger partial charge in [-0.1, -0.05) is 25.1 Å². The second-order valence-corrected chi connectivity index (χ2v) is 5.84. The number of aliphatic hydroxyl groups excluding tert-OH is 1. The quantitative estimate of drug-likeness (QED) is 0.897. The van der Waals surface area contributed by atoms with Crippen molar-refractivity contribution in [2.45, 2.75) is 45.8 Å². The third-order valence-electron chi connectivity index (χ3n) is 4.49. The zero-order valence-electron chi connectivity index (χ0n) is 12.9. The zero-order chi connectivity index (χ0) is 14.5. The van der Waals surface area contributed by atoms with Gasteiger partial charge in [-0.3, -0.25) is 4.90 Å². The molecule has 0 aromatic heterocycles. The summed E-state index contributed by atoms with van der Waals surface area (Å²) in [5, 5.41) is 10.6. The summed E-state index contributed by atoms with van der Waals surface area (Å²) in [5.74, 6) is 1.51. The van der Waals surface area contributed by atoms with Crippen molar-refractivity contribution in [2.24, 2.45) is 5.92 Å². The maximum atomic E-state index is 10.6. The lowest BCUT2D eigenvalue weighted by molar-refractivity contribution is 0.0500. The monoisotopic (exact) mass is 277 g/mol. The number of piperidine rings is 1. The molecule has 1 fully saturated rings. The van der Waals surface area contributed by atoms with Gasteiger partial charge in [0.15, 0.2) is 0 Å². The van der Waals surface area contributed by atoms with Gasteiger partial charge in [0.05, 0.1) is 12.7 Å². The standard InChI is InChI=1S/C17H27NO2/c1-4-20-17-10-6-5-9-15(17)16(19)12-18-11-7-8-13(2)14(18)3/h5-6,9-10,13-14,16,19H,4,7-8,11-12H2,1-3H3. The van der Waals surface area contributed by atoms with E-state index in [0.717, 1.165) is 17.9 Å². The molecule has 0 spiro atoms. The highest BCUT2D eigenvalue weighted by atomic mass is 16.5. The van der Waals surface area contributed by atoms with Crippen LogP contribution in [0.25, 0.3) is 0 Å². The summed E-state index contributed by atoms with van der Waals surface area (Å²) in [7, 11) is 0. The van der Waals surface area contributed by atoms with Crippen LogP contribution in [0, 0.1) is 5.92 Å². The minimum atomic E-state index is -0.481. The molecule has 1 aliphatic rings. The van der Waals surface area contributed by atoms with Crippen molar-refractivity contribution >= 4 is 0 Å². The molecule has 112 valence electrons. The summed E-state index contributed by atoms with van der Waals surface area (Å²) in [4.78, 5) is 2.40. The second-order valence-electron chi connectivity index (χ2n) is 5.84. The molecule has 1 saturated heterocycles. The molecule has 1 aromatic carbocycles. The number of likely N-dealkylation sites (tertiary alicyclic amines) is 1. The van der Waals surface area contributed by atoms with Gasteiger partial charge in [0.2, 0.25) is 0 Å². The van der Waals surface area contributed by atoms with Crippen LogP contribution in [0.15, 0.2) is 24.3 Å². The number of hydrogen-bond donors (Lipinski definition) is 1. The van der Waals surface area contributed by atoms with Crippen LogP contribution in [0.2, 0.25) is 0 Å². The Morgan fingerprint density at radius 2 is 2.10 bits per heavy atom. The van der Waals surface area contributed by atoms with E-state index in [4.69, 9.17) is 4.74 Å². The molecule has 3 nitrogen and oxygen atoms in total. The van der Waals surface area contributed by atoms with E-state index < -0.39 is 6.10 Å². The molecule has 2 rings (SSSR count). The lowest BCUT2D eigenvalue weighted by atomic mass is 9.91. The lowest BCUT2D eigenvalue weighted by Crippen LogP contribution is -2.44. The first-order valence-electron chi connectivity index (χ1n) is 7.77. The van der Waals surface area contributed by atoms with Crippen molar-refractivity contribution in [3.63, 3.8) is 0 Å². The number of hydrogen-bond acceptors (Lipinski definition) is 3. The van der Waals surface area contributed by atoms with Gasteiger partial charge in [-0.2, -0.15) is 0 Å². The third-order valence-corrected chi connectivity index (χ3v) is 4.49. The van der Waals surface area contributed by atoms with E-state index in [1.807, 2.05) is 31.2 Å². The number of β-amino-alcohol motifs (C(OH)–C–C–N with tert-alkyl or cyclic N) is 1. The SMILES string of the molecule is CCOc1ccccc1C(O)CN1CCCC(C)C1C. The molecule has 0 bridgehead atoms. The maximum absolute atomic E-state index is 10.6. The van der Waals surface area contributed by atoms with Crippen LogP contribution in [0.4, 0.5) is 0 Å². The number of nitrogens with zero attached hydrogens (tertiary/aromatic N) is 1. The summed E-state index contributed by atoms with van der Waals surface area (Å²) in [5.41, 5.74) is 0.903. The molecule has 0 saturated carbocycles. The Hall–Kier alpha value is -1.06. The van der Waals surface area contributed by atoms with E-state index in [0.29, 0.717) is 25.1 Å². The first kappa shape index (κ1) is 15.3. The Bertz CT molecular complexity index is 421. The van der Waals surface area contributed by atoms with Gasteiger partial charge >= 0.3 is 0 Å². The predicted molar refractivity (Wildman–Crippen MR) is 82.0 cm³/mol. The fourth-order valence-corrected chi connectivity index (χ4v) is 3.04. The van der Waals surface area contributed by atoms with Crippen LogP contribution in [0.5, 0.6) is 5.75 Å². The third kappa shape index (κ3) is 3.53. The average molecular weight is 277 g/mol. The zero-order valence-corrected chi connectivity index (χ0v) is 12.9. The number of para-hydroxylation sites is 1. The van der Waals surface area contributed by atoms with Crippen LogP contribution >= 0.6 is 0 Å². The molecule has 3 heteroatoms. The number of benzene rings is 1. The Kier molecular flexibility index (Phi) is 5.44. The van der Waals surface area contributed by atoms with E-state index in [2.05, 4.69) is 18.7 Å². The molecule has 3 unspecified atom stereocenters. The van der Waals surface area contributed by atoms with Crippen molar-refractivity contribution < 1.29 is 9.84 Å². The minimum absolute atomic E-state index is 0.481. The van der Waals surface area contributed by atoms with Gasteiger partial charge < -0.3 is 9.84 Å². The van der Waals surface area contributed by atoms with Crippen molar-refractivity contribution in [2.75, 3.05) is 19.7 Å². The molecule has 0 radical (unpaired) electrons. The number of aliphatic hydroxyl groups is 1. The molecule has 3 atom stereocenters. The van der Waals surface area contributed by atoms with Gasteiger partial charge in [-0.05, 0) is 45.2 Å². The summed E-state index contributed by atoms with van der Waals surface area (Å²) >= 11 is 0. The molecular formula is C17H27NO2. The van der Waals surface area contributed by atoms with E-state index in [1.54, 1.807) is 0 Å². The minimum Gasteiger partial charge on any atom is -0.493 e. The van der Waals surface area contributed by atoms with Gasteiger partial charge in [0.25, 0.3) is 0 Å². The highest BCUT2D eigenvalue weighted by molar-refractivity contribution is 5.35. The van der Waals surface area contributed by atoms with Crippen LogP contribution in [0.3, 0.4) is 0 Å². The van der Waals surface area contributed by atoms with Crippen molar-refractivity contribution in [1.29, 1.82) is 0 Å².